The van der Waals surface area contributed by atoms with Gasteiger partial charge in [-0.05, 0) is 54.1 Å². The summed E-state index contributed by atoms with van der Waals surface area (Å²) in [4.78, 5) is 14.5. The van der Waals surface area contributed by atoms with E-state index in [1.54, 1.807) is 23.9 Å². The molecule has 1 aliphatic heterocycles. The van der Waals surface area contributed by atoms with Crippen LogP contribution in [-0.4, -0.2) is 41.0 Å². The molecular formula is C23H22ClNO4S. The Balaban J connectivity index is 1.46. The standard InChI is InChI=1S/C23H22ClNO4S/c24-17-4-8-19(9-5-17)29-20-10-6-18(7-11-20)25-22(27)15-30-23(25)16-2-1-3-21(14-16)28-13-12-26/h1-10,14,20,23,26H,11-13,15H2. The number of thioether (sulfide) groups is 1. The molecule has 4 rings (SSSR count). The highest BCUT2D eigenvalue weighted by Gasteiger charge is 2.35. The molecule has 0 spiro atoms. The maximum atomic E-state index is 12.6. The number of aliphatic hydroxyl groups excluding tert-OH is 1. The van der Waals surface area contributed by atoms with Crippen LogP contribution in [0.15, 0.2) is 72.5 Å². The van der Waals surface area contributed by atoms with Gasteiger partial charge in [0.1, 0.15) is 29.6 Å². The third-order valence-electron chi connectivity index (χ3n) is 4.79. The van der Waals surface area contributed by atoms with E-state index in [9.17, 15) is 4.79 Å². The lowest BCUT2D eigenvalue weighted by Crippen LogP contribution is -2.29. The molecule has 30 heavy (non-hydrogen) atoms. The molecule has 0 bridgehead atoms. The molecule has 1 fully saturated rings. The van der Waals surface area contributed by atoms with Gasteiger partial charge in [0.15, 0.2) is 0 Å². The van der Waals surface area contributed by atoms with Crippen LogP contribution in [-0.2, 0) is 4.79 Å². The predicted molar refractivity (Wildman–Crippen MR) is 119 cm³/mol. The molecule has 1 N–H and O–H groups in total. The van der Waals surface area contributed by atoms with E-state index >= 15 is 0 Å². The van der Waals surface area contributed by atoms with E-state index in [-0.39, 0.29) is 30.6 Å². The van der Waals surface area contributed by atoms with Crippen LogP contribution in [0.25, 0.3) is 0 Å². The van der Waals surface area contributed by atoms with E-state index in [2.05, 4.69) is 0 Å². The topological polar surface area (TPSA) is 59.0 Å². The first-order chi connectivity index (χ1) is 14.6. The fraction of sp³-hybridized carbons (Fsp3) is 0.261. The summed E-state index contributed by atoms with van der Waals surface area (Å²) in [6, 6.07) is 15.0. The molecule has 2 aliphatic rings. The quantitative estimate of drug-likeness (QED) is 0.678. The van der Waals surface area contributed by atoms with Gasteiger partial charge in [-0.3, -0.25) is 9.69 Å². The summed E-state index contributed by atoms with van der Waals surface area (Å²) < 4.78 is 11.5. The Morgan fingerprint density at radius 2 is 2.00 bits per heavy atom. The van der Waals surface area contributed by atoms with Crippen molar-refractivity contribution in [1.29, 1.82) is 0 Å². The molecule has 7 heteroatoms. The van der Waals surface area contributed by atoms with Crippen molar-refractivity contribution >= 4 is 29.3 Å². The van der Waals surface area contributed by atoms with E-state index in [1.165, 1.54) is 0 Å². The molecule has 156 valence electrons. The first kappa shape index (κ1) is 20.8. The van der Waals surface area contributed by atoms with Gasteiger partial charge in [0.25, 0.3) is 0 Å². The van der Waals surface area contributed by atoms with Crippen LogP contribution in [0.1, 0.15) is 17.4 Å². The number of amides is 1. The largest absolute Gasteiger partial charge is 0.491 e. The zero-order chi connectivity index (χ0) is 20.9. The van der Waals surface area contributed by atoms with Crippen LogP contribution in [0.4, 0.5) is 0 Å². The predicted octanol–water partition coefficient (Wildman–Crippen LogP) is 4.58. The Hall–Kier alpha value is -2.41. The van der Waals surface area contributed by atoms with Gasteiger partial charge in [-0.2, -0.15) is 0 Å². The van der Waals surface area contributed by atoms with Crippen molar-refractivity contribution in [2.45, 2.75) is 17.9 Å². The van der Waals surface area contributed by atoms with Crippen molar-refractivity contribution in [3.8, 4) is 11.5 Å². The summed E-state index contributed by atoms with van der Waals surface area (Å²) in [6.45, 7) is 0.205. The lowest BCUT2D eigenvalue weighted by atomic mass is 10.1. The second-order valence-electron chi connectivity index (χ2n) is 6.91. The van der Waals surface area contributed by atoms with Crippen LogP contribution >= 0.6 is 23.4 Å². The molecule has 0 saturated carbocycles. The molecule has 2 aromatic rings. The first-order valence-electron chi connectivity index (χ1n) is 9.72. The van der Waals surface area contributed by atoms with Crippen molar-refractivity contribution in [2.24, 2.45) is 0 Å². The Morgan fingerprint density at radius 1 is 1.17 bits per heavy atom. The Morgan fingerprint density at radius 3 is 2.73 bits per heavy atom. The summed E-state index contributed by atoms with van der Waals surface area (Å²) >= 11 is 7.52. The fourth-order valence-electron chi connectivity index (χ4n) is 3.41. The van der Waals surface area contributed by atoms with Crippen LogP contribution in [0.3, 0.4) is 0 Å². The Labute approximate surface area is 184 Å². The van der Waals surface area contributed by atoms with Crippen LogP contribution in [0.5, 0.6) is 11.5 Å². The number of ether oxygens (including phenoxy) is 2. The second kappa shape index (κ2) is 9.60. The molecule has 1 heterocycles. The van der Waals surface area contributed by atoms with E-state index in [0.29, 0.717) is 22.9 Å². The molecule has 0 radical (unpaired) electrons. The van der Waals surface area contributed by atoms with Crippen molar-refractivity contribution < 1.29 is 19.4 Å². The van der Waals surface area contributed by atoms with Gasteiger partial charge in [-0.15, -0.1) is 11.8 Å². The smallest absolute Gasteiger partial charge is 0.238 e. The van der Waals surface area contributed by atoms with Gasteiger partial charge in [-0.25, -0.2) is 0 Å². The molecule has 1 amide bonds. The number of allylic oxidation sites excluding steroid dienone is 1. The van der Waals surface area contributed by atoms with Crippen LogP contribution in [0.2, 0.25) is 5.02 Å². The number of hydrogen-bond acceptors (Lipinski definition) is 5. The molecule has 2 atom stereocenters. The monoisotopic (exact) mass is 443 g/mol. The van der Waals surface area contributed by atoms with Crippen LogP contribution in [0, 0.1) is 0 Å². The minimum atomic E-state index is -0.111. The third kappa shape index (κ3) is 4.83. The fourth-order valence-corrected chi connectivity index (χ4v) is 4.71. The average molecular weight is 444 g/mol. The molecule has 0 aromatic heterocycles. The first-order valence-corrected chi connectivity index (χ1v) is 11.1. The van der Waals surface area contributed by atoms with Gasteiger partial charge >= 0.3 is 0 Å². The van der Waals surface area contributed by atoms with Crippen molar-refractivity contribution in [2.75, 3.05) is 19.0 Å². The van der Waals surface area contributed by atoms with E-state index in [4.69, 9.17) is 26.2 Å². The lowest BCUT2D eigenvalue weighted by Gasteiger charge is -2.28. The van der Waals surface area contributed by atoms with E-state index in [0.717, 1.165) is 17.0 Å². The summed E-state index contributed by atoms with van der Waals surface area (Å²) in [5.41, 5.74) is 1.88. The number of benzene rings is 2. The van der Waals surface area contributed by atoms with Gasteiger partial charge in [-0.1, -0.05) is 29.8 Å². The normalized spacial score (nSPS) is 20.9. The minimum absolute atomic E-state index is 0.0377. The molecule has 5 nitrogen and oxygen atoms in total. The molecule has 2 aromatic carbocycles. The molecule has 1 saturated heterocycles. The van der Waals surface area contributed by atoms with Gasteiger partial charge in [0.05, 0.1) is 12.4 Å². The van der Waals surface area contributed by atoms with Gasteiger partial charge < -0.3 is 14.6 Å². The Kier molecular flexibility index (Phi) is 6.67. The summed E-state index contributed by atoms with van der Waals surface area (Å²) in [5.74, 6) is 1.96. The zero-order valence-electron chi connectivity index (χ0n) is 16.2. The number of halogens is 1. The number of carbonyl (C=O) groups is 1. The number of aliphatic hydroxyl groups is 1. The van der Waals surface area contributed by atoms with E-state index in [1.807, 2.05) is 59.5 Å². The Bertz CT molecular complexity index is 960. The SMILES string of the molecule is O=C1CSC(c2cccc(OCCO)c2)N1C1=CCC(Oc2ccc(Cl)cc2)C=C1. The highest BCUT2D eigenvalue weighted by molar-refractivity contribution is 8.00. The van der Waals surface area contributed by atoms with Crippen molar-refractivity contribution in [3.63, 3.8) is 0 Å². The highest BCUT2D eigenvalue weighted by atomic mass is 35.5. The van der Waals surface area contributed by atoms with Gasteiger partial charge in [0.2, 0.25) is 5.91 Å². The van der Waals surface area contributed by atoms with Gasteiger partial charge in [0, 0.05) is 17.1 Å². The number of hydrogen-bond donors (Lipinski definition) is 1. The summed E-state index contributed by atoms with van der Waals surface area (Å²) in [7, 11) is 0. The van der Waals surface area contributed by atoms with Crippen LogP contribution < -0.4 is 9.47 Å². The number of rotatable bonds is 7. The highest BCUT2D eigenvalue weighted by Crippen LogP contribution is 2.42. The zero-order valence-corrected chi connectivity index (χ0v) is 17.8. The molecule has 1 aliphatic carbocycles. The second-order valence-corrected chi connectivity index (χ2v) is 8.41. The summed E-state index contributed by atoms with van der Waals surface area (Å²) in [5, 5.41) is 9.53. The lowest BCUT2D eigenvalue weighted by molar-refractivity contribution is -0.126. The molecular weight excluding hydrogens is 422 g/mol. The maximum Gasteiger partial charge on any atom is 0.238 e. The van der Waals surface area contributed by atoms with Crippen molar-refractivity contribution in [1.82, 2.24) is 4.90 Å². The third-order valence-corrected chi connectivity index (χ3v) is 6.26. The minimum Gasteiger partial charge on any atom is -0.491 e. The van der Waals surface area contributed by atoms with Crippen molar-refractivity contribution in [3.05, 3.63) is 83.0 Å². The number of carbonyl (C=O) groups excluding carboxylic acids is 1. The molecule has 2 unspecified atom stereocenters. The number of nitrogens with zero attached hydrogens (tertiary/aromatic N) is 1. The maximum absolute atomic E-state index is 12.6. The van der Waals surface area contributed by atoms with E-state index < -0.39 is 0 Å². The average Bonchev–Trinajstić information content (AvgIpc) is 3.16. The summed E-state index contributed by atoms with van der Waals surface area (Å²) in [6.07, 6.45) is 6.57.